The first-order chi connectivity index (χ1) is 10.8. The van der Waals surface area contributed by atoms with Crippen molar-refractivity contribution in [3.8, 4) is 5.75 Å². The molecule has 4 atom stereocenters. The number of fused-ring (bicyclic) bond motifs is 5. The smallest absolute Gasteiger partial charge is 0.238 e. The minimum absolute atomic E-state index is 0.0379. The maximum absolute atomic E-state index is 12.7. The number of amides is 2. The quantitative estimate of drug-likeness (QED) is 0.646. The molecular formula is C16H15NO5S. The summed E-state index contributed by atoms with van der Waals surface area (Å²) in [5.74, 6) is -1.63. The Morgan fingerprint density at radius 1 is 1.09 bits per heavy atom. The van der Waals surface area contributed by atoms with Crippen LogP contribution in [0.5, 0.6) is 5.75 Å². The van der Waals surface area contributed by atoms with E-state index >= 15 is 0 Å². The average Bonchev–Trinajstić information content (AvgIpc) is 3.13. The highest BCUT2D eigenvalue weighted by molar-refractivity contribution is 7.90. The molecule has 23 heavy (non-hydrogen) atoms. The molecule has 120 valence electrons. The van der Waals surface area contributed by atoms with Crippen molar-refractivity contribution in [3.63, 3.8) is 0 Å². The van der Waals surface area contributed by atoms with Gasteiger partial charge in [-0.1, -0.05) is 12.2 Å². The van der Waals surface area contributed by atoms with Crippen molar-refractivity contribution < 1.29 is 23.1 Å². The van der Waals surface area contributed by atoms with Crippen LogP contribution in [0, 0.1) is 23.7 Å². The van der Waals surface area contributed by atoms with E-state index in [-0.39, 0.29) is 40.0 Å². The van der Waals surface area contributed by atoms with Gasteiger partial charge in [0.15, 0.2) is 9.84 Å². The number of nitrogens with zero attached hydrogens (tertiary/aromatic N) is 1. The molecule has 4 rings (SSSR count). The van der Waals surface area contributed by atoms with Crippen LogP contribution >= 0.6 is 0 Å². The van der Waals surface area contributed by atoms with Crippen LogP contribution in [0.1, 0.15) is 6.42 Å². The maximum atomic E-state index is 12.7. The predicted octanol–water partition coefficient (Wildman–Crippen LogP) is 1.11. The van der Waals surface area contributed by atoms with Crippen LogP contribution in [0.4, 0.5) is 5.69 Å². The Bertz CT molecular complexity index is 842. The van der Waals surface area contributed by atoms with E-state index in [9.17, 15) is 23.1 Å². The highest BCUT2D eigenvalue weighted by atomic mass is 32.2. The van der Waals surface area contributed by atoms with Crippen molar-refractivity contribution >= 4 is 27.3 Å². The van der Waals surface area contributed by atoms with Gasteiger partial charge in [0.2, 0.25) is 11.8 Å². The number of phenols is 1. The number of phenolic OH excluding ortho intramolecular Hbond substituents is 1. The van der Waals surface area contributed by atoms with Crippen molar-refractivity contribution in [3.05, 3.63) is 30.4 Å². The molecule has 1 N–H and O–H groups in total. The van der Waals surface area contributed by atoms with Gasteiger partial charge >= 0.3 is 0 Å². The van der Waals surface area contributed by atoms with Gasteiger partial charge < -0.3 is 5.11 Å². The number of anilines is 1. The molecule has 1 saturated heterocycles. The van der Waals surface area contributed by atoms with E-state index in [1.54, 1.807) is 0 Å². The van der Waals surface area contributed by atoms with E-state index in [2.05, 4.69) is 0 Å². The number of carbonyl (C=O) groups is 2. The topological polar surface area (TPSA) is 91.8 Å². The fourth-order valence-corrected chi connectivity index (χ4v) is 4.69. The van der Waals surface area contributed by atoms with Gasteiger partial charge in [-0.05, 0) is 36.5 Å². The van der Waals surface area contributed by atoms with Crippen LogP contribution in [0.2, 0.25) is 0 Å². The second-order valence-electron chi connectivity index (χ2n) is 6.43. The fraction of sp³-hybridized carbons (Fsp3) is 0.375. The number of imide groups is 1. The molecule has 1 saturated carbocycles. The predicted molar refractivity (Wildman–Crippen MR) is 81.4 cm³/mol. The van der Waals surface area contributed by atoms with E-state index in [1.165, 1.54) is 18.2 Å². The first kappa shape index (κ1) is 14.4. The lowest BCUT2D eigenvalue weighted by atomic mass is 9.85. The van der Waals surface area contributed by atoms with Gasteiger partial charge in [-0.2, -0.15) is 0 Å². The zero-order valence-corrected chi connectivity index (χ0v) is 13.2. The standard InChI is InChI=1S/C16H15NO5S/c1-23(21,22)10-4-5-12(18)11(7-10)17-15(19)13-8-2-3-9(6-8)14(13)16(17)20/h2-5,7-9,13-14,18H,6H2,1H3/t8-,9-,13-,14+/m0/s1. The first-order valence-electron chi connectivity index (χ1n) is 7.38. The minimum Gasteiger partial charge on any atom is -0.506 e. The second kappa shape index (κ2) is 4.44. The van der Waals surface area contributed by atoms with Crippen LogP contribution in [-0.4, -0.2) is 31.6 Å². The Balaban J connectivity index is 1.81. The summed E-state index contributed by atoms with van der Waals surface area (Å²) in [6.45, 7) is 0. The Hall–Kier alpha value is -2.15. The molecule has 0 unspecified atom stereocenters. The van der Waals surface area contributed by atoms with Crippen LogP contribution in [0.25, 0.3) is 0 Å². The summed E-state index contributed by atoms with van der Waals surface area (Å²) in [5, 5.41) is 10.1. The monoisotopic (exact) mass is 333 g/mol. The molecule has 1 aromatic carbocycles. The molecule has 1 aliphatic heterocycles. The number of sulfone groups is 1. The van der Waals surface area contributed by atoms with Crippen molar-refractivity contribution in [1.82, 2.24) is 0 Å². The largest absolute Gasteiger partial charge is 0.506 e. The van der Waals surface area contributed by atoms with Crippen LogP contribution in [0.3, 0.4) is 0 Å². The summed E-state index contributed by atoms with van der Waals surface area (Å²) in [7, 11) is -3.51. The minimum atomic E-state index is -3.51. The van der Waals surface area contributed by atoms with Gasteiger partial charge in [0.25, 0.3) is 0 Å². The normalized spacial score (nSPS) is 32.0. The molecule has 0 radical (unpaired) electrons. The van der Waals surface area contributed by atoms with Crippen molar-refractivity contribution in [2.24, 2.45) is 23.7 Å². The summed E-state index contributed by atoms with van der Waals surface area (Å²) in [6.07, 6.45) is 5.81. The van der Waals surface area contributed by atoms with Gasteiger partial charge in [-0.15, -0.1) is 0 Å². The van der Waals surface area contributed by atoms with E-state index in [0.717, 1.165) is 17.6 Å². The van der Waals surface area contributed by atoms with E-state index in [0.29, 0.717) is 0 Å². The number of carbonyl (C=O) groups excluding carboxylic acids is 2. The molecule has 2 aliphatic carbocycles. The summed E-state index contributed by atoms with van der Waals surface area (Å²) in [4.78, 5) is 26.3. The van der Waals surface area contributed by atoms with Gasteiger partial charge in [-0.3, -0.25) is 9.59 Å². The number of hydrogen-bond donors (Lipinski definition) is 1. The number of aromatic hydroxyl groups is 1. The zero-order valence-electron chi connectivity index (χ0n) is 12.3. The van der Waals surface area contributed by atoms with E-state index < -0.39 is 21.7 Å². The molecule has 6 nitrogen and oxygen atoms in total. The van der Waals surface area contributed by atoms with Crippen molar-refractivity contribution in [2.75, 3.05) is 11.2 Å². The van der Waals surface area contributed by atoms with Crippen LogP contribution in [0.15, 0.2) is 35.2 Å². The number of allylic oxidation sites excluding steroid dienone is 2. The first-order valence-corrected chi connectivity index (χ1v) is 9.27. The van der Waals surface area contributed by atoms with Crippen LogP contribution < -0.4 is 4.90 Å². The third-order valence-corrected chi connectivity index (χ3v) is 6.20. The third kappa shape index (κ3) is 1.89. The summed E-state index contributed by atoms with van der Waals surface area (Å²) in [5.41, 5.74) is -0.0447. The number of benzene rings is 1. The van der Waals surface area contributed by atoms with Crippen molar-refractivity contribution in [2.45, 2.75) is 11.3 Å². The molecule has 0 aromatic heterocycles. The Labute approximate surface area is 133 Å². The zero-order chi connectivity index (χ0) is 16.5. The van der Waals surface area contributed by atoms with Gasteiger partial charge in [-0.25, -0.2) is 13.3 Å². The SMILES string of the molecule is CS(=O)(=O)c1ccc(O)c(N2C(=O)[C@@H]3[C@H](C2=O)[C@H]2C=C[C@H]3C2)c1. The van der Waals surface area contributed by atoms with Gasteiger partial charge in [0, 0.05) is 6.26 Å². The van der Waals surface area contributed by atoms with Crippen LogP contribution in [-0.2, 0) is 19.4 Å². The van der Waals surface area contributed by atoms with Gasteiger partial charge in [0.1, 0.15) is 5.75 Å². The van der Waals surface area contributed by atoms with E-state index in [1.807, 2.05) is 12.2 Å². The molecule has 0 spiro atoms. The lowest BCUT2D eigenvalue weighted by Crippen LogP contribution is -2.33. The Morgan fingerprint density at radius 3 is 2.17 bits per heavy atom. The maximum Gasteiger partial charge on any atom is 0.238 e. The highest BCUT2D eigenvalue weighted by Crippen LogP contribution is 2.53. The third-order valence-electron chi connectivity index (χ3n) is 5.09. The molecule has 7 heteroatoms. The highest BCUT2D eigenvalue weighted by Gasteiger charge is 2.59. The lowest BCUT2D eigenvalue weighted by Gasteiger charge is -2.19. The van der Waals surface area contributed by atoms with Crippen molar-refractivity contribution in [1.29, 1.82) is 0 Å². The Morgan fingerprint density at radius 2 is 1.65 bits per heavy atom. The number of hydrogen-bond acceptors (Lipinski definition) is 5. The average molecular weight is 333 g/mol. The molecule has 2 bridgehead atoms. The molecule has 2 fully saturated rings. The summed E-state index contributed by atoms with van der Waals surface area (Å²) in [6, 6.07) is 3.65. The Kier molecular flexibility index (Phi) is 2.79. The summed E-state index contributed by atoms with van der Waals surface area (Å²) >= 11 is 0. The lowest BCUT2D eigenvalue weighted by molar-refractivity contribution is -0.123. The number of rotatable bonds is 2. The molecule has 1 aromatic rings. The molecular weight excluding hydrogens is 318 g/mol. The van der Waals surface area contributed by atoms with E-state index in [4.69, 9.17) is 0 Å². The molecule has 2 amide bonds. The molecule has 3 aliphatic rings. The second-order valence-corrected chi connectivity index (χ2v) is 8.45. The molecule has 1 heterocycles. The summed E-state index contributed by atoms with van der Waals surface area (Å²) < 4.78 is 23.4. The fourth-order valence-electron chi connectivity index (χ4n) is 4.05. The van der Waals surface area contributed by atoms with Gasteiger partial charge in [0.05, 0.1) is 22.4 Å².